The summed E-state index contributed by atoms with van der Waals surface area (Å²) in [6, 6.07) is 14.9. The number of ether oxygens (including phenoxy) is 1. The SMILES string of the molecule is COc1ccc(C(O)CN(C)C(=O)CCCc2ccccc2Cl)cc1. The second-order valence-corrected chi connectivity index (χ2v) is 6.42. The predicted octanol–water partition coefficient (Wildman–Crippen LogP) is 3.86. The number of aliphatic hydroxyl groups is 1. The van der Waals surface area contributed by atoms with Crippen molar-refractivity contribution in [2.75, 3.05) is 20.7 Å². The maximum atomic E-state index is 12.2. The lowest BCUT2D eigenvalue weighted by Crippen LogP contribution is -2.31. The van der Waals surface area contributed by atoms with Crippen LogP contribution >= 0.6 is 11.6 Å². The van der Waals surface area contributed by atoms with Crippen LogP contribution in [0.25, 0.3) is 0 Å². The maximum absolute atomic E-state index is 12.2. The standard InChI is InChI=1S/C20H24ClNO3/c1-22(14-19(23)16-10-12-17(25-2)13-11-16)20(24)9-5-7-15-6-3-4-8-18(15)21/h3-4,6,8,10-13,19,23H,5,7,9,14H2,1-2H3. The van der Waals surface area contributed by atoms with Gasteiger partial charge in [0.1, 0.15) is 5.75 Å². The molecule has 0 saturated heterocycles. The van der Waals surface area contributed by atoms with E-state index in [-0.39, 0.29) is 12.5 Å². The topological polar surface area (TPSA) is 49.8 Å². The molecule has 134 valence electrons. The Bertz CT molecular complexity index is 688. The highest BCUT2D eigenvalue weighted by atomic mass is 35.5. The van der Waals surface area contributed by atoms with Gasteiger partial charge in [-0.05, 0) is 42.2 Å². The molecule has 1 amide bonds. The second kappa shape index (κ2) is 9.44. The number of methoxy groups -OCH3 is 1. The van der Waals surface area contributed by atoms with Crippen LogP contribution in [0.1, 0.15) is 30.1 Å². The van der Waals surface area contributed by atoms with E-state index in [0.29, 0.717) is 6.42 Å². The van der Waals surface area contributed by atoms with Gasteiger partial charge in [0.15, 0.2) is 0 Å². The molecule has 1 unspecified atom stereocenters. The monoisotopic (exact) mass is 361 g/mol. The molecule has 0 spiro atoms. The Morgan fingerprint density at radius 3 is 2.52 bits per heavy atom. The molecule has 0 bridgehead atoms. The van der Waals surface area contributed by atoms with E-state index in [0.717, 1.165) is 34.7 Å². The predicted molar refractivity (Wildman–Crippen MR) is 100.0 cm³/mol. The van der Waals surface area contributed by atoms with Gasteiger partial charge in [0.2, 0.25) is 5.91 Å². The summed E-state index contributed by atoms with van der Waals surface area (Å²) in [6.45, 7) is 0.261. The maximum Gasteiger partial charge on any atom is 0.222 e. The third kappa shape index (κ3) is 5.76. The molecule has 0 aliphatic heterocycles. The molecule has 0 heterocycles. The van der Waals surface area contributed by atoms with E-state index in [1.807, 2.05) is 24.3 Å². The Morgan fingerprint density at radius 1 is 1.20 bits per heavy atom. The van der Waals surface area contributed by atoms with E-state index in [9.17, 15) is 9.90 Å². The van der Waals surface area contributed by atoms with Gasteiger partial charge in [0.05, 0.1) is 19.8 Å². The first kappa shape index (κ1) is 19.3. The first-order valence-electron chi connectivity index (χ1n) is 8.30. The molecule has 0 aliphatic rings. The van der Waals surface area contributed by atoms with Crippen molar-refractivity contribution in [2.45, 2.75) is 25.4 Å². The third-order valence-electron chi connectivity index (χ3n) is 4.17. The number of benzene rings is 2. The van der Waals surface area contributed by atoms with Crippen LogP contribution in [0.15, 0.2) is 48.5 Å². The van der Waals surface area contributed by atoms with Crippen molar-refractivity contribution in [3.8, 4) is 5.75 Å². The Kier molecular flexibility index (Phi) is 7.29. The molecule has 0 saturated carbocycles. The smallest absolute Gasteiger partial charge is 0.222 e. The highest BCUT2D eigenvalue weighted by molar-refractivity contribution is 6.31. The number of carbonyl (C=O) groups is 1. The van der Waals surface area contributed by atoms with Gasteiger partial charge in [0, 0.05) is 18.5 Å². The fourth-order valence-electron chi connectivity index (χ4n) is 2.61. The summed E-state index contributed by atoms with van der Waals surface area (Å²) < 4.78 is 5.10. The Labute approximate surface area is 154 Å². The van der Waals surface area contributed by atoms with Gasteiger partial charge < -0.3 is 14.7 Å². The highest BCUT2D eigenvalue weighted by Crippen LogP contribution is 2.19. The molecule has 2 rings (SSSR count). The first-order valence-corrected chi connectivity index (χ1v) is 8.68. The number of carbonyl (C=O) groups excluding carboxylic acids is 1. The van der Waals surface area contributed by atoms with Gasteiger partial charge in [-0.25, -0.2) is 0 Å². The lowest BCUT2D eigenvalue weighted by Gasteiger charge is -2.21. The molecule has 2 aromatic carbocycles. The molecule has 1 N–H and O–H groups in total. The van der Waals surface area contributed by atoms with Crippen LogP contribution in [0.3, 0.4) is 0 Å². The van der Waals surface area contributed by atoms with Crippen LogP contribution in [0.4, 0.5) is 0 Å². The Balaban J connectivity index is 1.80. The Hall–Kier alpha value is -2.04. The molecule has 2 aromatic rings. The van der Waals surface area contributed by atoms with Crippen LogP contribution in [-0.2, 0) is 11.2 Å². The number of rotatable bonds is 8. The lowest BCUT2D eigenvalue weighted by molar-refractivity contribution is -0.131. The van der Waals surface area contributed by atoms with Gasteiger partial charge in [-0.15, -0.1) is 0 Å². The average Bonchev–Trinajstić information content (AvgIpc) is 2.63. The highest BCUT2D eigenvalue weighted by Gasteiger charge is 2.15. The zero-order valence-electron chi connectivity index (χ0n) is 14.6. The number of amides is 1. The number of nitrogens with zero attached hydrogens (tertiary/aromatic N) is 1. The van der Waals surface area contributed by atoms with Crippen molar-refractivity contribution >= 4 is 17.5 Å². The summed E-state index contributed by atoms with van der Waals surface area (Å²) in [4.78, 5) is 13.8. The summed E-state index contributed by atoms with van der Waals surface area (Å²) >= 11 is 6.12. The van der Waals surface area contributed by atoms with Gasteiger partial charge in [0.25, 0.3) is 0 Å². The van der Waals surface area contributed by atoms with Crippen molar-refractivity contribution in [1.82, 2.24) is 4.90 Å². The fourth-order valence-corrected chi connectivity index (χ4v) is 2.84. The Morgan fingerprint density at radius 2 is 1.88 bits per heavy atom. The van der Waals surface area contributed by atoms with Gasteiger partial charge in [-0.3, -0.25) is 4.79 Å². The third-order valence-corrected chi connectivity index (χ3v) is 4.54. The van der Waals surface area contributed by atoms with Crippen molar-refractivity contribution in [2.24, 2.45) is 0 Å². The molecule has 5 heteroatoms. The molecule has 0 fully saturated rings. The molecule has 0 radical (unpaired) electrons. The average molecular weight is 362 g/mol. The van der Waals surface area contributed by atoms with Crippen LogP contribution in [0.5, 0.6) is 5.75 Å². The van der Waals surface area contributed by atoms with Crippen molar-refractivity contribution < 1.29 is 14.6 Å². The minimum atomic E-state index is -0.719. The molecular formula is C20H24ClNO3. The molecular weight excluding hydrogens is 338 g/mol. The summed E-state index contributed by atoms with van der Waals surface area (Å²) in [7, 11) is 3.31. The molecule has 25 heavy (non-hydrogen) atoms. The van der Waals surface area contributed by atoms with Gasteiger partial charge >= 0.3 is 0 Å². The zero-order valence-corrected chi connectivity index (χ0v) is 15.4. The first-order chi connectivity index (χ1) is 12.0. The molecule has 4 nitrogen and oxygen atoms in total. The quantitative estimate of drug-likeness (QED) is 0.776. The molecule has 1 atom stereocenters. The number of hydrogen-bond acceptors (Lipinski definition) is 3. The van der Waals surface area contributed by atoms with E-state index < -0.39 is 6.10 Å². The number of hydrogen-bond donors (Lipinski definition) is 1. The zero-order chi connectivity index (χ0) is 18.2. The molecule has 0 aromatic heterocycles. The van der Waals surface area contributed by atoms with E-state index >= 15 is 0 Å². The fraction of sp³-hybridized carbons (Fsp3) is 0.350. The largest absolute Gasteiger partial charge is 0.497 e. The molecule has 0 aliphatic carbocycles. The second-order valence-electron chi connectivity index (χ2n) is 6.01. The number of aliphatic hydroxyl groups excluding tert-OH is 1. The van der Waals surface area contributed by atoms with Crippen LogP contribution in [0.2, 0.25) is 5.02 Å². The number of likely N-dealkylation sites (N-methyl/N-ethyl adjacent to an activating group) is 1. The van der Waals surface area contributed by atoms with Crippen molar-refractivity contribution in [1.29, 1.82) is 0 Å². The summed E-state index contributed by atoms with van der Waals surface area (Å²) in [5.74, 6) is 0.750. The van der Waals surface area contributed by atoms with E-state index in [2.05, 4.69) is 0 Å². The number of aryl methyl sites for hydroxylation is 1. The van der Waals surface area contributed by atoms with Crippen LogP contribution in [0, 0.1) is 0 Å². The lowest BCUT2D eigenvalue weighted by atomic mass is 10.1. The summed E-state index contributed by atoms with van der Waals surface area (Å²) in [6.07, 6.45) is 1.20. The van der Waals surface area contributed by atoms with Crippen LogP contribution < -0.4 is 4.74 Å². The minimum absolute atomic E-state index is 0.0135. The number of halogens is 1. The van der Waals surface area contributed by atoms with Crippen molar-refractivity contribution in [3.05, 3.63) is 64.7 Å². The van der Waals surface area contributed by atoms with Crippen molar-refractivity contribution in [3.63, 3.8) is 0 Å². The van der Waals surface area contributed by atoms with Gasteiger partial charge in [-0.2, -0.15) is 0 Å². The van der Waals surface area contributed by atoms with E-state index in [1.165, 1.54) is 0 Å². The van der Waals surface area contributed by atoms with Crippen LogP contribution in [-0.4, -0.2) is 36.6 Å². The normalized spacial score (nSPS) is 11.8. The van der Waals surface area contributed by atoms with E-state index in [1.54, 1.807) is 43.3 Å². The minimum Gasteiger partial charge on any atom is -0.497 e. The summed E-state index contributed by atoms with van der Waals surface area (Å²) in [5, 5.41) is 11.0. The van der Waals surface area contributed by atoms with E-state index in [4.69, 9.17) is 16.3 Å². The van der Waals surface area contributed by atoms with Gasteiger partial charge in [-0.1, -0.05) is 41.9 Å². The summed E-state index contributed by atoms with van der Waals surface area (Å²) in [5.41, 5.74) is 1.81.